The molecule has 0 bridgehead atoms. The van der Waals surface area contributed by atoms with Crippen molar-refractivity contribution in [2.45, 2.75) is 32.7 Å². The highest BCUT2D eigenvalue weighted by Crippen LogP contribution is 2.21. The van der Waals surface area contributed by atoms with E-state index >= 15 is 0 Å². The minimum Gasteiger partial charge on any atom is -0.330 e. The molecule has 8 heteroatoms. The van der Waals surface area contributed by atoms with Crippen LogP contribution >= 0.6 is 0 Å². The highest BCUT2D eigenvalue weighted by atomic mass is 16.5. The van der Waals surface area contributed by atoms with Gasteiger partial charge in [-0.15, -0.1) is 0 Å². The minimum atomic E-state index is -0.592. The molecule has 0 spiro atoms. The fourth-order valence-corrected chi connectivity index (χ4v) is 2.81. The van der Waals surface area contributed by atoms with Crippen LogP contribution in [0, 0.1) is 12.8 Å². The molecule has 0 aliphatic carbocycles. The van der Waals surface area contributed by atoms with E-state index in [0.717, 1.165) is 12.1 Å². The number of aromatic nitrogens is 1. The Labute approximate surface area is 140 Å². The lowest BCUT2D eigenvalue weighted by Crippen LogP contribution is -2.47. The summed E-state index contributed by atoms with van der Waals surface area (Å²) in [4.78, 5) is 41.2. The zero-order valence-corrected chi connectivity index (χ0v) is 13.8. The number of hydroxylamine groups is 2. The number of rotatable bonds is 6. The molecule has 2 heterocycles. The highest BCUT2D eigenvalue weighted by Gasteiger charge is 2.36. The average molecular weight is 334 g/mol. The summed E-state index contributed by atoms with van der Waals surface area (Å²) < 4.78 is 0. The van der Waals surface area contributed by atoms with Crippen molar-refractivity contribution >= 4 is 24.0 Å². The molecule has 24 heavy (non-hydrogen) atoms. The summed E-state index contributed by atoms with van der Waals surface area (Å²) in [6.07, 6.45) is 1.56. The lowest BCUT2D eigenvalue weighted by molar-refractivity contribution is -0.156. The van der Waals surface area contributed by atoms with E-state index in [9.17, 15) is 19.6 Å². The van der Waals surface area contributed by atoms with Gasteiger partial charge in [-0.25, -0.2) is 10.0 Å². The number of hydrogen-bond donors (Lipinski definition) is 2. The van der Waals surface area contributed by atoms with E-state index in [1.54, 1.807) is 19.1 Å². The van der Waals surface area contributed by atoms with Gasteiger partial charge < -0.3 is 10.2 Å². The van der Waals surface area contributed by atoms with Gasteiger partial charge in [-0.3, -0.25) is 19.6 Å². The largest absolute Gasteiger partial charge is 0.330 e. The molecule has 3 amide bonds. The number of likely N-dealkylation sites (tertiary alicyclic amines) is 1. The predicted octanol–water partition coefficient (Wildman–Crippen LogP) is 0.803. The Morgan fingerprint density at radius 3 is 2.96 bits per heavy atom. The second-order valence-electron chi connectivity index (χ2n) is 5.97. The van der Waals surface area contributed by atoms with E-state index in [0.29, 0.717) is 23.8 Å². The van der Waals surface area contributed by atoms with Crippen molar-refractivity contribution in [2.24, 2.45) is 5.92 Å². The number of hydrogen-bond acceptors (Lipinski definition) is 5. The Kier molecular flexibility index (Phi) is 5.86. The van der Waals surface area contributed by atoms with E-state index in [1.165, 1.54) is 4.90 Å². The van der Waals surface area contributed by atoms with Crippen molar-refractivity contribution in [3.63, 3.8) is 0 Å². The van der Waals surface area contributed by atoms with Gasteiger partial charge in [-0.1, -0.05) is 13.0 Å². The number of carbonyl (C=O) groups excluding carboxylic acids is 3. The monoisotopic (exact) mass is 334 g/mol. The molecule has 1 saturated heterocycles. The van der Waals surface area contributed by atoms with Crippen LogP contribution in [0.15, 0.2) is 18.2 Å². The third kappa shape index (κ3) is 4.29. The number of amides is 3. The van der Waals surface area contributed by atoms with Gasteiger partial charge in [0, 0.05) is 12.2 Å². The molecule has 8 nitrogen and oxygen atoms in total. The van der Waals surface area contributed by atoms with Crippen molar-refractivity contribution in [2.75, 3.05) is 18.4 Å². The van der Waals surface area contributed by atoms with Crippen LogP contribution in [-0.2, 0) is 14.4 Å². The van der Waals surface area contributed by atoms with Gasteiger partial charge in [0.05, 0.1) is 12.5 Å². The first-order valence-electron chi connectivity index (χ1n) is 7.88. The molecule has 0 radical (unpaired) electrons. The zero-order valence-electron chi connectivity index (χ0n) is 13.8. The third-order valence-corrected chi connectivity index (χ3v) is 3.98. The van der Waals surface area contributed by atoms with Gasteiger partial charge in [0.1, 0.15) is 11.9 Å². The molecule has 2 N–H and O–H groups in total. The Morgan fingerprint density at radius 1 is 1.54 bits per heavy atom. The summed E-state index contributed by atoms with van der Waals surface area (Å²) >= 11 is 0. The highest BCUT2D eigenvalue weighted by molar-refractivity contribution is 5.97. The molecular weight excluding hydrogens is 312 g/mol. The number of nitrogens with zero attached hydrogens (tertiary/aromatic N) is 3. The van der Waals surface area contributed by atoms with Crippen LogP contribution in [0.25, 0.3) is 0 Å². The first-order chi connectivity index (χ1) is 11.4. The van der Waals surface area contributed by atoms with Crippen LogP contribution in [-0.4, -0.2) is 57.5 Å². The summed E-state index contributed by atoms with van der Waals surface area (Å²) in [5.41, 5.74) is 0.790. The van der Waals surface area contributed by atoms with Crippen molar-refractivity contribution < 1.29 is 19.6 Å². The molecule has 1 aliphatic heterocycles. The molecule has 1 fully saturated rings. The molecular formula is C16H22N4O4. The second-order valence-corrected chi connectivity index (χ2v) is 5.97. The summed E-state index contributed by atoms with van der Waals surface area (Å²) in [7, 11) is 0. The normalized spacial score (nSPS) is 18.1. The van der Waals surface area contributed by atoms with Crippen molar-refractivity contribution in [1.82, 2.24) is 14.9 Å². The fourth-order valence-electron chi connectivity index (χ4n) is 2.81. The maximum atomic E-state index is 12.5. The standard InChI is InChI=1S/C16H22N4O4/c1-11(9-19(24)10-21)16(23)20-8-4-6-13(20)15(22)18-14-7-3-5-12(2)17-14/h3,5,7,10-11,13,24H,4,6,8-9H2,1-2H3,(H,17,18,22)/t11-,13+/m1/s1. The lowest BCUT2D eigenvalue weighted by Gasteiger charge is -2.27. The summed E-state index contributed by atoms with van der Waals surface area (Å²) in [6, 6.07) is 4.76. The molecule has 1 aromatic rings. The number of aryl methyl sites for hydroxylation is 1. The fraction of sp³-hybridized carbons (Fsp3) is 0.500. The molecule has 130 valence electrons. The van der Waals surface area contributed by atoms with Crippen LogP contribution in [0.3, 0.4) is 0 Å². The van der Waals surface area contributed by atoms with E-state index in [4.69, 9.17) is 0 Å². The van der Waals surface area contributed by atoms with Gasteiger partial charge in [-0.05, 0) is 31.9 Å². The summed E-state index contributed by atoms with van der Waals surface area (Å²) in [5, 5.41) is 12.4. The Morgan fingerprint density at radius 2 is 2.29 bits per heavy atom. The number of pyridine rings is 1. The van der Waals surface area contributed by atoms with E-state index in [2.05, 4.69) is 10.3 Å². The van der Waals surface area contributed by atoms with Crippen LogP contribution in [0.2, 0.25) is 0 Å². The molecule has 0 unspecified atom stereocenters. The van der Waals surface area contributed by atoms with Crippen molar-refractivity contribution in [3.05, 3.63) is 23.9 Å². The van der Waals surface area contributed by atoms with Crippen LogP contribution in [0.1, 0.15) is 25.5 Å². The Hall–Kier alpha value is -2.48. The lowest BCUT2D eigenvalue weighted by atomic mass is 10.1. The molecule has 1 aromatic heterocycles. The van der Waals surface area contributed by atoms with Gasteiger partial charge in [0.2, 0.25) is 18.2 Å². The van der Waals surface area contributed by atoms with E-state index < -0.39 is 12.0 Å². The summed E-state index contributed by atoms with van der Waals surface area (Å²) in [6.45, 7) is 3.82. The SMILES string of the molecule is Cc1cccc(NC(=O)[C@@H]2CCCN2C(=O)[C@H](C)CN(O)C=O)n1. The molecule has 1 aliphatic rings. The topological polar surface area (TPSA) is 103 Å². The van der Waals surface area contributed by atoms with Gasteiger partial charge in [0.15, 0.2) is 0 Å². The van der Waals surface area contributed by atoms with Gasteiger partial charge >= 0.3 is 0 Å². The Balaban J connectivity index is 2.02. The minimum absolute atomic E-state index is 0.105. The smallest absolute Gasteiger partial charge is 0.248 e. The second kappa shape index (κ2) is 7.87. The third-order valence-electron chi connectivity index (χ3n) is 3.98. The van der Waals surface area contributed by atoms with Crippen molar-refractivity contribution in [1.29, 1.82) is 0 Å². The maximum Gasteiger partial charge on any atom is 0.248 e. The molecule has 2 rings (SSSR count). The van der Waals surface area contributed by atoms with Crippen LogP contribution < -0.4 is 5.32 Å². The van der Waals surface area contributed by atoms with E-state index in [-0.39, 0.29) is 24.8 Å². The van der Waals surface area contributed by atoms with Gasteiger partial charge in [0.25, 0.3) is 0 Å². The maximum absolute atomic E-state index is 12.5. The van der Waals surface area contributed by atoms with E-state index in [1.807, 2.05) is 13.0 Å². The molecule has 0 aromatic carbocycles. The predicted molar refractivity (Wildman–Crippen MR) is 86.1 cm³/mol. The van der Waals surface area contributed by atoms with Crippen LogP contribution in [0.4, 0.5) is 5.82 Å². The number of carbonyl (C=O) groups is 3. The number of nitrogens with one attached hydrogen (secondary N) is 1. The number of anilines is 1. The zero-order chi connectivity index (χ0) is 17.7. The summed E-state index contributed by atoms with van der Waals surface area (Å²) in [5.74, 6) is -0.673. The molecule has 2 atom stereocenters. The Bertz CT molecular complexity index is 622. The van der Waals surface area contributed by atoms with Crippen molar-refractivity contribution in [3.8, 4) is 0 Å². The first kappa shape index (κ1) is 17.9. The average Bonchev–Trinajstić information content (AvgIpc) is 3.03. The quantitative estimate of drug-likeness (QED) is 0.455. The first-order valence-corrected chi connectivity index (χ1v) is 7.88. The van der Waals surface area contributed by atoms with Crippen LogP contribution in [0.5, 0.6) is 0 Å². The molecule has 0 saturated carbocycles. The van der Waals surface area contributed by atoms with Gasteiger partial charge in [-0.2, -0.15) is 0 Å².